The fourth-order valence-corrected chi connectivity index (χ4v) is 4.88. The van der Waals surface area contributed by atoms with E-state index in [0.717, 1.165) is 44.9 Å². The number of benzene rings is 1. The molecule has 2 amide bonds. The molecular formula is C23H32FN5O2. The lowest BCUT2D eigenvalue weighted by molar-refractivity contribution is -0.126. The first-order valence-corrected chi connectivity index (χ1v) is 11.3. The van der Waals surface area contributed by atoms with Crippen molar-refractivity contribution in [1.82, 2.24) is 9.80 Å². The fourth-order valence-electron chi connectivity index (χ4n) is 4.88. The number of nitrogens with two attached hydrogens (primary N) is 1. The standard InChI is InChI=1S/C23H32FN5O2/c1-16-8-11-27(12-9-16)14-17-3-2-10-28(15-17)23(31)20-13-21(22(25)30)29(26-20)19-6-4-18(24)5-7-19/h4-7,16-17,21H,2-3,8-15H2,1H3,(H2,25,30). The number of halogens is 1. The summed E-state index contributed by atoms with van der Waals surface area (Å²) in [7, 11) is 0. The van der Waals surface area contributed by atoms with Crippen LogP contribution < -0.4 is 10.7 Å². The summed E-state index contributed by atoms with van der Waals surface area (Å²) < 4.78 is 13.3. The first-order valence-electron chi connectivity index (χ1n) is 11.3. The first kappa shape index (κ1) is 21.7. The number of carbonyl (C=O) groups excluding carboxylic acids is 2. The number of rotatable bonds is 5. The topological polar surface area (TPSA) is 82.2 Å². The van der Waals surface area contributed by atoms with Gasteiger partial charge in [-0.3, -0.25) is 14.6 Å². The van der Waals surface area contributed by atoms with E-state index in [2.05, 4.69) is 16.9 Å². The van der Waals surface area contributed by atoms with E-state index < -0.39 is 11.9 Å². The molecule has 2 N–H and O–H groups in total. The van der Waals surface area contributed by atoms with Gasteiger partial charge >= 0.3 is 0 Å². The van der Waals surface area contributed by atoms with Crippen LogP contribution in [0, 0.1) is 17.7 Å². The molecule has 7 nitrogen and oxygen atoms in total. The summed E-state index contributed by atoms with van der Waals surface area (Å²) in [5.74, 6) is 0.234. The minimum atomic E-state index is -0.736. The van der Waals surface area contributed by atoms with E-state index >= 15 is 0 Å². The monoisotopic (exact) mass is 429 g/mol. The average Bonchev–Trinajstić information content (AvgIpc) is 3.21. The Morgan fingerprint density at radius 2 is 1.84 bits per heavy atom. The number of nitrogens with zero attached hydrogens (tertiary/aromatic N) is 4. The molecular weight excluding hydrogens is 397 g/mol. The Labute approximate surface area is 183 Å². The molecule has 0 aromatic heterocycles. The fraction of sp³-hybridized carbons (Fsp3) is 0.609. The molecule has 168 valence electrons. The van der Waals surface area contributed by atoms with Crippen molar-refractivity contribution in [2.45, 2.75) is 45.1 Å². The van der Waals surface area contributed by atoms with E-state index in [4.69, 9.17) is 5.73 Å². The van der Waals surface area contributed by atoms with Crippen molar-refractivity contribution in [3.63, 3.8) is 0 Å². The smallest absolute Gasteiger partial charge is 0.270 e. The molecule has 2 atom stereocenters. The van der Waals surface area contributed by atoms with Gasteiger partial charge in [0.1, 0.15) is 17.6 Å². The molecule has 0 saturated carbocycles. The maximum atomic E-state index is 13.3. The van der Waals surface area contributed by atoms with Gasteiger partial charge in [-0.2, -0.15) is 5.10 Å². The second-order valence-corrected chi connectivity index (χ2v) is 9.23. The van der Waals surface area contributed by atoms with Gasteiger partial charge in [0.05, 0.1) is 5.69 Å². The first-order chi connectivity index (χ1) is 14.9. The number of likely N-dealkylation sites (tertiary alicyclic amines) is 2. The van der Waals surface area contributed by atoms with Crippen LogP contribution >= 0.6 is 0 Å². The van der Waals surface area contributed by atoms with Gasteiger partial charge in [0.15, 0.2) is 0 Å². The molecule has 1 aromatic carbocycles. The molecule has 0 bridgehead atoms. The average molecular weight is 430 g/mol. The molecule has 8 heteroatoms. The van der Waals surface area contributed by atoms with E-state index in [9.17, 15) is 14.0 Å². The van der Waals surface area contributed by atoms with Gasteiger partial charge in [0.2, 0.25) is 5.91 Å². The zero-order chi connectivity index (χ0) is 22.0. The van der Waals surface area contributed by atoms with Crippen molar-refractivity contribution < 1.29 is 14.0 Å². The quantitative estimate of drug-likeness (QED) is 0.778. The number of piperidine rings is 2. The Morgan fingerprint density at radius 1 is 1.13 bits per heavy atom. The number of anilines is 1. The Morgan fingerprint density at radius 3 is 2.52 bits per heavy atom. The highest BCUT2D eigenvalue weighted by atomic mass is 19.1. The Hall–Kier alpha value is -2.48. The summed E-state index contributed by atoms with van der Waals surface area (Å²) in [6.07, 6.45) is 4.79. The molecule has 3 aliphatic heterocycles. The molecule has 31 heavy (non-hydrogen) atoms. The molecule has 0 spiro atoms. The molecule has 3 aliphatic rings. The third-order valence-electron chi connectivity index (χ3n) is 6.78. The summed E-state index contributed by atoms with van der Waals surface area (Å²) in [4.78, 5) is 29.6. The van der Waals surface area contributed by atoms with Gasteiger partial charge in [-0.05, 0) is 74.9 Å². The van der Waals surface area contributed by atoms with Crippen LogP contribution in [0.1, 0.15) is 39.0 Å². The predicted molar refractivity (Wildman–Crippen MR) is 118 cm³/mol. The molecule has 2 unspecified atom stereocenters. The largest absolute Gasteiger partial charge is 0.368 e. The summed E-state index contributed by atoms with van der Waals surface area (Å²) in [5, 5.41) is 5.89. The van der Waals surface area contributed by atoms with Crippen LogP contribution in [0.15, 0.2) is 29.4 Å². The summed E-state index contributed by atoms with van der Waals surface area (Å²) >= 11 is 0. The molecule has 2 saturated heterocycles. The highest BCUT2D eigenvalue weighted by Gasteiger charge is 2.37. The lowest BCUT2D eigenvalue weighted by Gasteiger charge is -2.37. The van der Waals surface area contributed by atoms with Gasteiger partial charge in [-0.25, -0.2) is 4.39 Å². The lowest BCUT2D eigenvalue weighted by Crippen LogP contribution is -2.47. The zero-order valence-electron chi connectivity index (χ0n) is 18.2. The van der Waals surface area contributed by atoms with Crippen molar-refractivity contribution in [3.05, 3.63) is 30.1 Å². The van der Waals surface area contributed by atoms with Crippen molar-refractivity contribution >= 4 is 23.2 Å². The highest BCUT2D eigenvalue weighted by molar-refractivity contribution is 6.40. The van der Waals surface area contributed by atoms with Crippen molar-refractivity contribution in [1.29, 1.82) is 0 Å². The second kappa shape index (κ2) is 9.34. The van der Waals surface area contributed by atoms with E-state index in [-0.39, 0.29) is 18.1 Å². The molecule has 0 radical (unpaired) electrons. The molecule has 0 aliphatic carbocycles. The Kier molecular flexibility index (Phi) is 6.55. The van der Waals surface area contributed by atoms with Crippen LogP contribution in [-0.4, -0.2) is 66.1 Å². The number of hydrogen-bond donors (Lipinski definition) is 1. The van der Waals surface area contributed by atoms with E-state index in [1.807, 2.05) is 4.90 Å². The van der Waals surface area contributed by atoms with Gasteiger partial charge < -0.3 is 15.5 Å². The second-order valence-electron chi connectivity index (χ2n) is 9.23. The maximum absolute atomic E-state index is 13.3. The number of hydrazone groups is 1. The highest BCUT2D eigenvalue weighted by Crippen LogP contribution is 2.27. The van der Waals surface area contributed by atoms with Gasteiger partial charge in [-0.15, -0.1) is 0 Å². The Balaban J connectivity index is 1.42. The summed E-state index contributed by atoms with van der Waals surface area (Å²) in [5.41, 5.74) is 6.47. The van der Waals surface area contributed by atoms with Gasteiger partial charge in [0, 0.05) is 26.1 Å². The van der Waals surface area contributed by atoms with Crippen LogP contribution in [0.5, 0.6) is 0 Å². The normalized spacial score (nSPS) is 25.5. The number of carbonyl (C=O) groups is 2. The molecule has 3 heterocycles. The third kappa shape index (κ3) is 5.06. The van der Waals surface area contributed by atoms with Crippen LogP contribution in [0.3, 0.4) is 0 Å². The lowest BCUT2D eigenvalue weighted by atomic mass is 9.94. The number of amides is 2. The van der Waals surface area contributed by atoms with E-state index in [0.29, 0.717) is 23.9 Å². The summed E-state index contributed by atoms with van der Waals surface area (Å²) in [6.45, 7) is 7.07. The predicted octanol–water partition coefficient (Wildman–Crippen LogP) is 2.22. The van der Waals surface area contributed by atoms with Crippen LogP contribution in [0.2, 0.25) is 0 Å². The van der Waals surface area contributed by atoms with E-state index in [1.165, 1.54) is 30.0 Å². The summed E-state index contributed by atoms with van der Waals surface area (Å²) in [6, 6.07) is 4.95. The maximum Gasteiger partial charge on any atom is 0.270 e. The van der Waals surface area contributed by atoms with Gasteiger partial charge in [-0.1, -0.05) is 6.92 Å². The third-order valence-corrected chi connectivity index (χ3v) is 6.78. The Bertz CT molecular complexity index is 835. The van der Waals surface area contributed by atoms with Crippen molar-refractivity contribution in [3.8, 4) is 0 Å². The minimum Gasteiger partial charge on any atom is -0.368 e. The van der Waals surface area contributed by atoms with Crippen LogP contribution in [0.25, 0.3) is 0 Å². The molecule has 1 aromatic rings. The van der Waals surface area contributed by atoms with Crippen LogP contribution in [-0.2, 0) is 9.59 Å². The molecule has 4 rings (SSSR count). The number of hydrogen-bond acceptors (Lipinski definition) is 5. The zero-order valence-corrected chi connectivity index (χ0v) is 18.2. The van der Waals surface area contributed by atoms with E-state index in [1.54, 1.807) is 12.1 Å². The van der Waals surface area contributed by atoms with Crippen LogP contribution in [0.4, 0.5) is 10.1 Å². The van der Waals surface area contributed by atoms with Crippen molar-refractivity contribution in [2.24, 2.45) is 22.7 Å². The minimum absolute atomic E-state index is 0.118. The van der Waals surface area contributed by atoms with Crippen molar-refractivity contribution in [2.75, 3.05) is 37.7 Å². The number of primary amides is 1. The molecule has 2 fully saturated rings. The SMILES string of the molecule is CC1CCN(CC2CCCN(C(=O)C3=NN(c4ccc(F)cc4)C(C(N)=O)C3)C2)CC1. The van der Waals surface area contributed by atoms with Gasteiger partial charge in [0.25, 0.3) is 5.91 Å².